The number of thioether (sulfide) groups is 1. The first kappa shape index (κ1) is 13.6. The number of aromatic nitrogens is 1. The van der Waals surface area contributed by atoms with Crippen LogP contribution in [0.3, 0.4) is 0 Å². The van der Waals surface area contributed by atoms with Crippen LogP contribution in [0.15, 0.2) is 30.5 Å². The maximum atomic E-state index is 11.1. The van der Waals surface area contributed by atoms with Gasteiger partial charge in [-0.1, -0.05) is 18.2 Å². The molecule has 19 heavy (non-hydrogen) atoms. The lowest BCUT2D eigenvalue weighted by Crippen LogP contribution is -2.06. The van der Waals surface area contributed by atoms with Gasteiger partial charge in [-0.2, -0.15) is 11.8 Å². The van der Waals surface area contributed by atoms with E-state index in [1.54, 1.807) is 11.8 Å². The number of benzene rings is 1. The minimum atomic E-state index is -0.393. The molecule has 0 aliphatic rings. The second kappa shape index (κ2) is 6.38. The highest BCUT2D eigenvalue weighted by molar-refractivity contribution is 7.98. The summed E-state index contributed by atoms with van der Waals surface area (Å²) < 4.78 is 0. The third-order valence-corrected chi connectivity index (χ3v) is 3.48. The predicted molar refractivity (Wildman–Crippen MR) is 79.9 cm³/mol. The molecule has 0 aliphatic heterocycles. The van der Waals surface area contributed by atoms with Crippen LogP contribution in [0.5, 0.6) is 0 Å². The fourth-order valence-electron chi connectivity index (χ4n) is 1.88. The van der Waals surface area contributed by atoms with Crippen molar-refractivity contribution in [1.29, 1.82) is 0 Å². The van der Waals surface area contributed by atoms with Gasteiger partial charge in [-0.15, -0.1) is 0 Å². The fourth-order valence-corrected chi connectivity index (χ4v) is 2.32. The molecule has 1 aromatic carbocycles. The van der Waals surface area contributed by atoms with E-state index in [1.807, 2.05) is 30.5 Å². The summed E-state index contributed by atoms with van der Waals surface area (Å²) in [6, 6.07) is 7.44. The van der Waals surface area contributed by atoms with Crippen molar-refractivity contribution in [2.24, 2.45) is 0 Å². The molecule has 0 saturated heterocycles. The number of hydrogen-bond donors (Lipinski definition) is 1. The van der Waals surface area contributed by atoms with Crippen molar-refractivity contribution in [1.82, 2.24) is 4.98 Å². The van der Waals surface area contributed by atoms with Gasteiger partial charge in [-0.25, -0.2) is 4.98 Å². The van der Waals surface area contributed by atoms with Gasteiger partial charge in [0.25, 0.3) is 0 Å². The van der Waals surface area contributed by atoms with E-state index in [1.165, 1.54) is 6.20 Å². The summed E-state index contributed by atoms with van der Waals surface area (Å²) in [7, 11) is 0. The average molecular weight is 277 g/mol. The van der Waals surface area contributed by atoms with E-state index in [9.17, 15) is 10.1 Å². The van der Waals surface area contributed by atoms with E-state index in [4.69, 9.17) is 0 Å². The minimum Gasteiger partial charge on any atom is -0.379 e. The van der Waals surface area contributed by atoms with E-state index in [0.29, 0.717) is 5.69 Å². The Kier molecular flexibility index (Phi) is 4.57. The normalized spacial score (nSPS) is 10.6. The van der Waals surface area contributed by atoms with Crippen LogP contribution in [0.2, 0.25) is 0 Å². The highest BCUT2D eigenvalue weighted by Crippen LogP contribution is 2.31. The van der Waals surface area contributed by atoms with Crippen molar-refractivity contribution in [2.75, 3.05) is 23.9 Å². The number of nitrogens with one attached hydrogen (secondary N) is 1. The molecular weight excluding hydrogens is 262 g/mol. The Morgan fingerprint density at radius 2 is 2.21 bits per heavy atom. The lowest BCUT2D eigenvalue weighted by molar-refractivity contribution is -0.384. The number of fused-ring (bicyclic) bond motifs is 1. The Labute approximate surface area is 115 Å². The molecule has 2 rings (SSSR count). The van der Waals surface area contributed by atoms with Crippen molar-refractivity contribution in [3.05, 3.63) is 40.6 Å². The van der Waals surface area contributed by atoms with Crippen LogP contribution < -0.4 is 5.32 Å². The van der Waals surface area contributed by atoms with Gasteiger partial charge in [0.1, 0.15) is 11.9 Å². The van der Waals surface area contributed by atoms with Crippen molar-refractivity contribution >= 4 is 34.0 Å². The number of para-hydroxylation sites is 1. The van der Waals surface area contributed by atoms with E-state index in [-0.39, 0.29) is 5.69 Å². The molecule has 0 amide bonds. The third-order valence-electron chi connectivity index (χ3n) is 2.78. The maximum Gasteiger partial charge on any atom is 0.311 e. The zero-order valence-corrected chi connectivity index (χ0v) is 11.4. The number of nitrogens with zero attached hydrogens (tertiary/aromatic N) is 2. The Morgan fingerprint density at radius 1 is 1.42 bits per heavy atom. The topological polar surface area (TPSA) is 68.1 Å². The second-order valence-corrected chi connectivity index (χ2v) is 5.05. The second-order valence-electron chi connectivity index (χ2n) is 4.07. The number of nitro groups is 1. The first-order valence-corrected chi connectivity index (χ1v) is 7.38. The van der Waals surface area contributed by atoms with Crippen LogP contribution in [-0.4, -0.2) is 28.5 Å². The molecule has 0 aliphatic carbocycles. The molecule has 100 valence electrons. The van der Waals surface area contributed by atoms with Crippen LogP contribution in [0.25, 0.3) is 10.9 Å². The molecule has 0 unspecified atom stereocenters. The van der Waals surface area contributed by atoms with Crippen LogP contribution in [-0.2, 0) is 0 Å². The van der Waals surface area contributed by atoms with Gasteiger partial charge < -0.3 is 5.32 Å². The zero-order valence-electron chi connectivity index (χ0n) is 10.6. The molecule has 0 saturated carbocycles. The summed E-state index contributed by atoms with van der Waals surface area (Å²) in [6.07, 6.45) is 4.33. The molecule has 0 radical (unpaired) electrons. The number of hydrogen-bond acceptors (Lipinski definition) is 5. The highest BCUT2D eigenvalue weighted by Gasteiger charge is 2.17. The monoisotopic (exact) mass is 277 g/mol. The smallest absolute Gasteiger partial charge is 0.311 e. The number of anilines is 1. The zero-order chi connectivity index (χ0) is 13.7. The van der Waals surface area contributed by atoms with Gasteiger partial charge in [0, 0.05) is 11.9 Å². The summed E-state index contributed by atoms with van der Waals surface area (Å²) in [5, 5.41) is 15.0. The highest BCUT2D eigenvalue weighted by atomic mass is 32.2. The van der Waals surface area contributed by atoms with E-state index in [2.05, 4.69) is 10.3 Å². The van der Waals surface area contributed by atoms with Gasteiger partial charge in [0.05, 0.1) is 10.4 Å². The minimum absolute atomic E-state index is 0.0304. The molecule has 2 aromatic rings. The van der Waals surface area contributed by atoms with E-state index in [0.717, 1.165) is 29.6 Å². The number of pyridine rings is 1. The average Bonchev–Trinajstić information content (AvgIpc) is 2.43. The quantitative estimate of drug-likeness (QED) is 0.498. The lowest BCUT2D eigenvalue weighted by atomic mass is 10.1. The molecule has 5 nitrogen and oxygen atoms in total. The van der Waals surface area contributed by atoms with Gasteiger partial charge in [0.15, 0.2) is 0 Å². The Bertz CT molecular complexity index is 589. The van der Waals surface area contributed by atoms with Crippen molar-refractivity contribution in [3.8, 4) is 0 Å². The molecule has 0 fully saturated rings. The van der Waals surface area contributed by atoms with Gasteiger partial charge in [0.2, 0.25) is 0 Å². The summed E-state index contributed by atoms with van der Waals surface area (Å²) >= 11 is 1.76. The summed E-state index contributed by atoms with van der Waals surface area (Å²) in [5.41, 5.74) is 1.36. The summed E-state index contributed by atoms with van der Waals surface area (Å²) in [6.45, 7) is 0.718. The molecule has 1 aromatic heterocycles. The fraction of sp³-hybridized carbons (Fsp3) is 0.308. The van der Waals surface area contributed by atoms with Crippen LogP contribution in [0.4, 0.5) is 11.4 Å². The SMILES string of the molecule is CSCCCNc1c([N+](=O)[O-])cnc2ccccc12. The number of rotatable bonds is 6. The maximum absolute atomic E-state index is 11.1. The standard InChI is InChI=1S/C13H15N3O2S/c1-19-8-4-7-14-13-10-5-2-3-6-11(10)15-9-12(13)16(17)18/h2-3,5-6,9H,4,7-8H2,1H3,(H,14,15). The Balaban J connectivity index is 2.35. The van der Waals surface area contributed by atoms with Crippen LogP contribution in [0.1, 0.15) is 6.42 Å². The first-order valence-electron chi connectivity index (χ1n) is 5.99. The van der Waals surface area contributed by atoms with Crippen molar-refractivity contribution in [3.63, 3.8) is 0 Å². The lowest BCUT2D eigenvalue weighted by Gasteiger charge is -2.09. The van der Waals surface area contributed by atoms with Crippen molar-refractivity contribution < 1.29 is 4.92 Å². The molecule has 0 spiro atoms. The molecule has 1 N–H and O–H groups in total. The van der Waals surface area contributed by atoms with Gasteiger partial charge in [-0.3, -0.25) is 10.1 Å². The molecule has 6 heteroatoms. The van der Waals surface area contributed by atoms with E-state index < -0.39 is 4.92 Å². The summed E-state index contributed by atoms with van der Waals surface area (Å²) in [5.74, 6) is 1.03. The molecular formula is C13H15N3O2S. The first-order chi connectivity index (χ1) is 9.24. The third kappa shape index (κ3) is 3.14. The Morgan fingerprint density at radius 3 is 2.95 bits per heavy atom. The molecule has 1 heterocycles. The van der Waals surface area contributed by atoms with Gasteiger partial charge in [-0.05, 0) is 24.5 Å². The van der Waals surface area contributed by atoms with Crippen LogP contribution in [0, 0.1) is 10.1 Å². The largest absolute Gasteiger partial charge is 0.379 e. The summed E-state index contributed by atoms with van der Waals surface area (Å²) in [4.78, 5) is 14.8. The van der Waals surface area contributed by atoms with E-state index >= 15 is 0 Å². The molecule has 0 bridgehead atoms. The van der Waals surface area contributed by atoms with Gasteiger partial charge >= 0.3 is 5.69 Å². The van der Waals surface area contributed by atoms with Crippen molar-refractivity contribution in [2.45, 2.75) is 6.42 Å². The molecule has 0 atom stereocenters. The predicted octanol–water partition coefficient (Wildman–Crippen LogP) is 3.31. The van der Waals surface area contributed by atoms with Crippen LogP contribution >= 0.6 is 11.8 Å². The Hall–Kier alpha value is -1.82.